The van der Waals surface area contributed by atoms with Crippen molar-refractivity contribution < 1.29 is 9.53 Å². The fourth-order valence-electron chi connectivity index (χ4n) is 4.37. The molecule has 5 rings (SSSR count). The summed E-state index contributed by atoms with van der Waals surface area (Å²) in [5, 5.41) is 7.68. The number of aromatic nitrogens is 2. The normalized spacial score (nSPS) is 20.5. The first-order valence-corrected chi connectivity index (χ1v) is 10.7. The zero-order chi connectivity index (χ0) is 18.4. The van der Waals surface area contributed by atoms with Crippen molar-refractivity contribution in [2.75, 3.05) is 19.7 Å². The van der Waals surface area contributed by atoms with Crippen LogP contribution in [0.5, 0.6) is 0 Å². The molecule has 0 radical (unpaired) electrons. The van der Waals surface area contributed by atoms with Gasteiger partial charge in [-0.3, -0.25) is 9.48 Å². The van der Waals surface area contributed by atoms with Crippen LogP contribution < -0.4 is 5.32 Å². The maximum atomic E-state index is 13.4. The number of rotatable bonds is 4. The summed E-state index contributed by atoms with van der Waals surface area (Å²) in [6.45, 7) is 3.37. The van der Waals surface area contributed by atoms with Crippen LogP contribution in [0.1, 0.15) is 51.4 Å². The Morgan fingerprint density at radius 2 is 2.21 bits per heavy atom. The first-order valence-electron chi connectivity index (χ1n) is 9.91. The summed E-state index contributed by atoms with van der Waals surface area (Å²) < 4.78 is 8.08. The van der Waals surface area contributed by atoms with Gasteiger partial charge in [0, 0.05) is 36.3 Å². The third kappa shape index (κ3) is 3.61. The Balaban J connectivity index is 0.00000192. The van der Waals surface area contributed by atoms with Gasteiger partial charge in [0.05, 0.1) is 17.7 Å². The molecule has 2 aromatic heterocycles. The Morgan fingerprint density at radius 3 is 2.89 bits per heavy atom. The summed E-state index contributed by atoms with van der Waals surface area (Å²) in [5.74, 6) is 0.171. The summed E-state index contributed by atoms with van der Waals surface area (Å²) in [5.41, 5.74) is 2.25. The lowest BCUT2D eigenvalue weighted by atomic mass is 9.86. The lowest BCUT2D eigenvalue weighted by Gasteiger charge is -2.40. The van der Waals surface area contributed by atoms with E-state index in [1.54, 1.807) is 16.0 Å². The number of hydrogen-bond donors (Lipinski definition) is 1. The van der Waals surface area contributed by atoms with E-state index in [1.165, 1.54) is 10.4 Å². The number of nitrogens with zero attached hydrogens (tertiary/aromatic N) is 3. The van der Waals surface area contributed by atoms with E-state index in [-0.39, 0.29) is 23.9 Å². The molecule has 1 amide bonds. The molecule has 28 heavy (non-hydrogen) atoms. The number of nitrogens with one attached hydrogen (secondary N) is 1. The van der Waals surface area contributed by atoms with E-state index in [9.17, 15) is 4.79 Å². The van der Waals surface area contributed by atoms with Crippen LogP contribution in [0.2, 0.25) is 0 Å². The molecule has 2 aromatic rings. The minimum absolute atomic E-state index is 0. The van der Waals surface area contributed by atoms with Gasteiger partial charge in [-0.1, -0.05) is 0 Å². The van der Waals surface area contributed by atoms with Crippen molar-refractivity contribution in [3.8, 4) is 0 Å². The van der Waals surface area contributed by atoms with Gasteiger partial charge >= 0.3 is 0 Å². The second-order valence-electron chi connectivity index (χ2n) is 7.99. The Morgan fingerprint density at radius 1 is 1.43 bits per heavy atom. The molecule has 1 spiro atoms. The molecule has 6 nitrogen and oxygen atoms in total. The van der Waals surface area contributed by atoms with E-state index in [1.807, 2.05) is 24.3 Å². The summed E-state index contributed by atoms with van der Waals surface area (Å²) in [7, 11) is 1.92. The molecule has 1 saturated heterocycles. The molecule has 0 unspecified atom stereocenters. The van der Waals surface area contributed by atoms with E-state index < -0.39 is 0 Å². The fourth-order valence-corrected chi connectivity index (χ4v) is 5.74. The van der Waals surface area contributed by atoms with Crippen molar-refractivity contribution in [2.45, 2.75) is 50.3 Å². The van der Waals surface area contributed by atoms with Crippen LogP contribution in [0.3, 0.4) is 0 Å². The highest BCUT2D eigenvalue weighted by atomic mass is 35.5. The highest BCUT2D eigenvalue weighted by Crippen LogP contribution is 2.45. The Kier molecular flexibility index (Phi) is 5.53. The third-order valence-electron chi connectivity index (χ3n) is 5.95. The fraction of sp³-hybridized carbons (Fsp3) is 0.600. The monoisotopic (exact) mass is 422 g/mol. The largest absolute Gasteiger partial charge is 0.369 e. The minimum atomic E-state index is -0.171. The summed E-state index contributed by atoms with van der Waals surface area (Å²) in [4.78, 5) is 17.6. The van der Waals surface area contributed by atoms with Crippen LogP contribution in [0.15, 0.2) is 18.5 Å². The van der Waals surface area contributed by atoms with Crippen LogP contribution in [-0.2, 0) is 30.4 Å². The van der Waals surface area contributed by atoms with Gasteiger partial charge in [0.15, 0.2) is 0 Å². The average molecular weight is 423 g/mol. The van der Waals surface area contributed by atoms with Crippen LogP contribution in [0, 0.1) is 0 Å². The molecule has 2 fully saturated rings. The average Bonchev–Trinajstić information content (AvgIpc) is 3.28. The summed E-state index contributed by atoms with van der Waals surface area (Å²) >= 11 is 1.67. The standard InChI is InChI=1S/C20H26N4O2S.ClH/c1-23-12-14(11-22-23)13-24(16-2-3-16)19(25)17-10-15-4-9-26-20(18(15)27-17)5-7-21-8-6-20;/h10-12,16,21H,2-9,13H2,1H3;1H. The van der Waals surface area contributed by atoms with Gasteiger partial charge in [-0.15, -0.1) is 23.7 Å². The SMILES string of the molecule is Cl.Cn1cc(CN(C(=O)c2cc3c(s2)C2(CCNCC2)OCC3)C2CC2)cn1. The lowest BCUT2D eigenvalue weighted by Crippen LogP contribution is -2.43. The molecule has 1 N–H and O–H groups in total. The van der Waals surface area contributed by atoms with E-state index in [0.717, 1.165) is 62.2 Å². The number of hydrogen-bond acceptors (Lipinski definition) is 5. The first-order chi connectivity index (χ1) is 13.1. The van der Waals surface area contributed by atoms with Gasteiger partial charge in [0.25, 0.3) is 5.91 Å². The van der Waals surface area contributed by atoms with E-state index in [0.29, 0.717) is 12.6 Å². The number of piperidine rings is 1. The Labute approximate surface area is 175 Å². The van der Waals surface area contributed by atoms with E-state index in [2.05, 4.69) is 16.5 Å². The molecule has 0 bridgehead atoms. The minimum Gasteiger partial charge on any atom is -0.369 e. The molecule has 152 valence electrons. The van der Waals surface area contributed by atoms with Gasteiger partial charge in [0.1, 0.15) is 5.60 Å². The van der Waals surface area contributed by atoms with Crippen molar-refractivity contribution in [3.05, 3.63) is 39.3 Å². The van der Waals surface area contributed by atoms with Gasteiger partial charge in [-0.25, -0.2) is 0 Å². The van der Waals surface area contributed by atoms with Crippen LogP contribution in [0.4, 0.5) is 0 Å². The van der Waals surface area contributed by atoms with Crippen molar-refractivity contribution in [3.63, 3.8) is 0 Å². The predicted molar refractivity (Wildman–Crippen MR) is 111 cm³/mol. The van der Waals surface area contributed by atoms with Crippen molar-refractivity contribution >= 4 is 29.7 Å². The number of halogens is 1. The molecule has 0 atom stereocenters. The number of carbonyl (C=O) groups is 1. The molecule has 2 aliphatic heterocycles. The molecular formula is C20H27ClN4O2S. The van der Waals surface area contributed by atoms with Crippen molar-refractivity contribution in [2.24, 2.45) is 7.05 Å². The topological polar surface area (TPSA) is 59.4 Å². The molecule has 4 heterocycles. The van der Waals surface area contributed by atoms with Gasteiger partial charge in [0.2, 0.25) is 0 Å². The highest BCUT2D eigenvalue weighted by molar-refractivity contribution is 7.14. The number of ether oxygens (including phenoxy) is 1. The molecular weight excluding hydrogens is 396 g/mol. The molecule has 1 saturated carbocycles. The van der Waals surface area contributed by atoms with E-state index in [4.69, 9.17) is 4.74 Å². The molecule has 0 aromatic carbocycles. The molecule has 8 heteroatoms. The van der Waals surface area contributed by atoms with Crippen molar-refractivity contribution in [1.82, 2.24) is 20.0 Å². The van der Waals surface area contributed by atoms with E-state index >= 15 is 0 Å². The smallest absolute Gasteiger partial charge is 0.264 e. The zero-order valence-corrected chi connectivity index (χ0v) is 17.8. The van der Waals surface area contributed by atoms with Crippen LogP contribution in [0.25, 0.3) is 0 Å². The van der Waals surface area contributed by atoms with Gasteiger partial charge < -0.3 is 15.0 Å². The number of carbonyl (C=O) groups excluding carboxylic acids is 1. The molecule has 3 aliphatic rings. The van der Waals surface area contributed by atoms with Crippen LogP contribution in [-0.4, -0.2) is 46.3 Å². The lowest BCUT2D eigenvalue weighted by molar-refractivity contribution is -0.0771. The van der Waals surface area contributed by atoms with Crippen LogP contribution >= 0.6 is 23.7 Å². The maximum absolute atomic E-state index is 13.4. The number of thiophene rings is 1. The Hall–Kier alpha value is -1.41. The van der Waals surface area contributed by atoms with Gasteiger partial charge in [-0.05, 0) is 56.8 Å². The predicted octanol–water partition coefficient (Wildman–Crippen LogP) is 2.86. The number of amides is 1. The quantitative estimate of drug-likeness (QED) is 0.823. The second kappa shape index (κ2) is 7.78. The zero-order valence-electron chi connectivity index (χ0n) is 16.1. The van der Waals surface area contributed by atoms with Crippen molar-refractivity contribution in [1.29, 1.82) is 0 Å². The third-order valence-corrected chi connectivity index (χ3v) is 7.31. The maximum Gasteiger partial charge on any atom is 0.264 e. The molecule has 1 aliphatic carbocycles. The second-order valence-corrected chi connectivity index (χ2v) is 9.05. The Bertz CT molecular complexity index is 854. The number of aryl methyl sites for hydroxylation is 1. The van der Waals surface area contributed by atoms with Gasteiger partial charge in [-0.2, -0.15) is 5.10 Å². The highest BCUT2D eigenvalue weighted by Gasteiger charge is 2.42. The summed E-state index contributed by atoms with van der Waals surface area (Å²) in [6, 6.07) is 2.52. The first kappa shape index (κ1) is 19.9. The number of fused-ring (bicyclic) bond motifs is 2. The summed E-state index contributed by atoms with van der Waals surface area (Å²) in [6.07, 6.45) is 8.98.